The molecule has 2 atom stereocenters. The van der Waals surface area contributed by atoms with E-state index in [1.807, 2.05) is 37.3 Å². The maximum Gasteiger partial charge on any atom is 0.267 e. The van der Waals surface area contributed by atoms with Gasteiger partial charge in [0, 0.05) is 30.1 Å². The summed E-state index contributed by atoms with van der Waals surface area (Å²) in [6.07, 6.45) is 5.03. The van der Waals surface area contributed by atoms with E-state index in [1.165, 1.54) is 16.3 Å². The molecule has 0 spiro atoms. The monoisotopic (exact) mass is 376 g/mol. The van der Waals surface area contributed by atoms with Gasteiger partial charge in [0.2, 0.25) is 5.91 Å². The second-order valence-electron chi connectivity index (χ2n) is 6.85. The Morgan fingerprint density at radius 2 is 1.75 bits per heavy atom. The van der Waals surface area contributed by atoms with Gasteiger partial charge in [0.1, 0.15) is 6.04 Å². The Labute approximate surface area is 164 Å². The van der Waals surface area contributed by atoms with Crippen LogP contribution in [0.15, 0.2) is 71.8 Å². The predicted octanol–water partition coefficient (Wildman–Crippen LogP) is 3.00. The normalized spacial score (nSPS) is 12.9. The Balaban J connectivity index is 1.66. The van der Waals surface area contributed by atoms with Crippen LogP contribution in [0.25, 0.3) is 11.3 Å². The summed E-state index contributed by atoms with van der Waals surface area (Å²) in [5, 5.41) is 7.37. The minimum absolute atomic E-state index is 0.00533. The largest absolute Gasteiger partial charge is 0.352 e. The number of carbonyl (C=O) groups is 1. The zero-order valence-electron chi connectivity index (χ0n) is 16.1. The van der Waals surface area contributed by atoms with E-state index in [4.69, 9.17) is 0 Å². The van der Waals surface area contributed by atoms with Gasteiger partial charge in [-0.15, -0.1) is 0 Å². The van der Waals surface area contributed by atoms with E-state index in [2.05, 4.69) is 27.5 Å². The maximum absolute atomic E-state index is 12.6. The van der Waals surface area contributed by atoms with Crippen molar-refractivity contribution in [3.63, 3.8) is 0 Å². The summed E-state index contributed by atoms with van der Waals surface area (Å²) in [5.41, 5.74) is 2.39. The van der Waals surface area contributed by atoms with Crippen molar-refractivity contribution in [3.8, 4) is 11.3 Å². The standard InChI is InChI=1S/C22H24N4O2/c1-16(8-9-18-6-4-3-5-7-18)24-22(28)17(2)26-21(27)11-10-20(25-26)19-12-14-23-15-13-19/h3-7,10-17H,8-9H2,1-2H3,(H,24,28). The van der Waals surface area contributed by atoms with Crippen LogP contribution >= 0.6 is 0 Å². The molecule has 0 aliphatic rings. The first-order valence-electron chi connectivity index (χ1n) is 9.39. The van der Waals surface area contributed by atoms with Gasteiger partial charge in [-0.25, -0.2) is 4.68 Å². The fraction of sp³-hybridized carbons (Fsp3) is 0.273. The van der Waals surface area contributed by atoms with Crippen molar-refractivity contribution in [3.05, 3.63) is 82.9 Å². The van der Waals surface area contributed by atoms with E-state index in [0.29, 0.717) is 5.69 Å². The van der Waals surface area contributed by atoms with Gasteiger partial charge >= 0.3 is 0 Å². The molecule has 28 heavy (non-hydrogen) atoms. The maximum atomic E-state index is 12.6. The van der Waals surface area contributed by atoms with Gasteiger partial charge in [0.15, 0.2) is 0 Å². The number of aromatic nitrogens is 3. The molecule has 2 aromatic heterocycles. The first kappa shape index (κ1) is 19.5. The minimum atomic E-state index is -0.700. The van der Waals surface area contributed by atoms with Gasteiger partial charge in [0.05, 0.1) is 5.69 Å². The zero-order valence-corrected chi connectivity index (χ0v) is 16.1. The van der Waals surface area contributed by atoms with E-state index in [-0.39, 0.29) is 17.5 Å². The van der Waals surface area contributed by atoms with Gasteiger partial charge in [-0.1, -0.05) is 30.3 Å². The number of nitrogens with zero attached hydrogens (tertiary/aromatic N) is 3. The van der Waals surface area contributed by atoms with Crippen molar-refractivity contribution in [1.82, 2.24) is 20.1 Å². The summed E-state index contributed by atoms with van der Waals surface area (Å²) in [4.78, 5) is 28.9. The number of nitrogens with one attached hydrogen (secondary N) is 1. The van der Waals surface area contributed by atoms with Gasteiger partial charge in [-0.3, -0.25) is 14.6 Å². The van der Waals surface area contributed by atoms with E-state index in [0.717, 1.165) is 18.4 Å². The Kier molecular flexibility index (Phi) is 6.32. The molecular weight excluding hydrogens is 352 g/mol. The van der Waals surface area contributed by atoms with Crippen LogP contribution in [-0.4, -0.2) is 26.7 Å². The van der Waals surface area contributed by atoms with Crippen molar-refractivity contribution >= 4 is 5.91 Å². The number of hydrogen-bond donors (Lipinski definition) is 1. The third-order valence-corrected chi connectivity index (χ3v) is 4.64. The van der Waals surface area contributed by atoms with Crippen LogP contribution in [0.2, 0.25) is 0 Å². The van der Waals surface area contributed by atoms with E-state index < -0.39 is 6.04 Å². The Hall–Kier alpha value is -3.28. The Morgan fingerprint density at radius 3 is 2.46 bits per heavy atom. The summed E-state index contributed by atoms with van der Waals surface area (Å²) in [5.74, 6) is -0.220. The highest BCUT2D eigenvalue weighted by molar-refractivity contribution is 5.80. The van der Waals surface area contributed by atoms with Crippen LogP contribution in [0.4, 0.5) is 0 Å². The molecule has 6 nitrogen and oxygen atoms in total. The van der Waals surface area contributed by atoms with Crippen molar-refractivity contribution in [2.45, 2.75) is 38.8 Å². The van der Waals surface area contributed by atoms with Crippen molar-refractivity contribution in [2.75, 3.05) is 0 Å². The number of rotatable bonds is 7. The summed E-state index contributed by atoms with van der Waals surface area (Å²) >= 11 is 0. The number of amides is 1. The van der Waals surface area contributed by atoms with Crippen molar-refractivity contribution in [1.29, 1.82) is 0 Å². The zero-order chi connectivity index (χ0) is 19.9. The van der Waals surface area contributed by atoms with Crippen molar-refractivity contribution in [2.24, 2.45) is 0 Å². The van der Waals surface area contributed by atoms with Crippen molar-refractivity contribution < 1.29 is 4.79 Å². The van der Waals surface area contributed by atoms with Crippen LogP contribution in [-0.2, 0) is 11.2 Å². The molecule has 144 valence electrons. The predicted molar refractivity (Wildman–Crippen MR) is 109 cm³/mol. The average Bonchev–Trinajstić information content (AvgIpc) is 2.73. The number of benzene rings is 1. The third kappa shape index (κ3) is 4.91. The second kappa shape index (κ2) is 9.08. The number of pyridine rings is 1. The molecule has 0 fully saturated rings. The average molecular weight is 376 g/mol. The van der Waals surface area contributed by atoms with Gasteiger partial charge in [-0.2, -0.15) is 5.10 Å². The fourth-order valence-electron chi connectivity index (χ4n) is 2.95. The number of hydrogen-bond acceptors (Lipinski definition) is 4. The summed E-state index contributed by atoms with van der Waals surface area (Å²) in [6, 6.07) is 16.2. The van der Waals surface area contributed by atoms with Crippen LogP contribution in [0, 0.1) is 0 Å². The lowest BCUT2D eigenvalue weighted by atomic mass is 10.1. The first-order chi connectivity index (χ1) is 13.5. The number of carbonyl (C=O) groups excluding carboxylic acids is 1. The van der Waals surface area contributed by atoms with E-state index >= 15 is 0 Å². The molecule has 3 aromatic rings. The topological polar surface area (TPSA) is 76.9 Å². The molecule has 0 aliphatic carbocycles. The van der Waals surface area contributed by atoms with Gasteiger partial charge in [-0.05, 0) is 50.5 Å². The molecule has 0 saturated heterocycles. The van der Waals surface area contributed by atoms with Gasteiger partial charge in [0.25, 0.3) is 5.56 Å². The highest BCUT2D eigenvalue weighted by Crippen LogP contribution is 2.14. The molecule has 1 aromatic carbocycles. The van der Waals surface area contributed by atoms with Crippen LogP contribution in [0.1, 0.15) is 31.9 Å². The van der Waals surface area contributed by atoms with Gasteiger partial charge < -0.3 is 5.32 Å². The molecule has 0 aliphatic heterocycles. The quantitative estimate of drug-likeness (QED) is 0.688. The lowest BCUT2D eigenvalue weighted by Crippen LogP contribution is -2.41. The molecule has 0 saturated carbocycles. The van der Waals surface area contributed by atoms with Crippen LogP contribution < -0.4 is 10.9 Å². The second-order valence-corrected chi connectivity index (χ2v) is 6.85. The van der Waals surface area contributed by atoms with E-state index in [9.17, 15) is 9.59 Å². The lowest BCUT2D eigenvalue weighted by molar-refractivity contribution is -0.124. The first-order valence-corrected chi connectivity index (χ1v) is 9.39. The highest BCUT2D eigenvalue weighted by atomic mass is 16.2. The summed E-state index contributed by atoms with van der Waals surface area (Å²) in [7, 11) is 0. The Morgan fingerprint density at radius 1 is 1.04 bits per heavy atom. The van der Waals surface area contributed by atoms with Crippen LogP contribution in [0.5, 0.6) is 0 Å². The minimum Gasteiger partial charge on any atom is -0.352 e. The molecule has 0 radical (unpaired) electrons. The third-order valence-electron chi connectivity index (χ3n) is 4.64. The summed E-state index contributed by atoms with van der Waals surface area (Å²) < 4.78 is 1.23. The SMILES string of the molecule is CC(CCc1ccccc1)NC(=O)C(C)n1nc(-c2ccncc2)ccc1=O. The fourth-order valence-corrected chi connectivity index (χ4v) is 2.95. The lowest BCUT2D eigenvalue weighted by Gasteiger charge is -2.19. The van der Waals surface area contributed by atoms with Crippen LogP contribution in [0.3, 0.4) is 0 Å². The molecule has 2 unspecified atom stereocenters. The highest BCUT2D eigenvalue weighted by Gasteiger charge is 2.19. The molecular formula is C22H24N4O2. The molecule has 6 heteroatoms. The molecule has 1 amide bonds. The molecule has 2 heterocycles. The smallest absolute Gasteiger partial charge is 0.267 e. The van der Waals surface area contributed by atoms with E-state index in [1.54, 1.807) is 25.4 Å². The summed E-state index contributed by atoms with van der Waals surface area (Å²) in [6.45, 7) is 3.65. The molecule has 3 rings (SSSR count). The number of aryl methyl sites for hydroxylation is 1. The molecule has 1 N–H and O–H groups in total. The molecule has 0 bridgehead atoms. The Bertz CT molecular complexity index is 971.